The SMILES string of the molecule is CN1C(N2CCN(N)CC2)=CC=C2N=Cc3c([nH]n(-c4ccccn4)c3=O)C21. The maximum absolute atomic E-state index is 12.9. The zero-order valence-electron chi connectivity index (χ0n) is 15.6. The zero-order valence-corrected chi connectivity index (χ0v) is 15.6. The van der Waals surface area contributed by atoms with E-state index in [1.54, 1.807) is 18.5 Å². The normalized spacial score (nSPS) is 21.9. The fourth-order valence-corrected chi connectivity index (χ4v) is 4.02. The van der Waals surface area contributed by atoms with Crippen molar-refractivity contribution in [3.8, 4) is 5.82 Å². The Kier molecular flexibility index (Phi) is 3.92. The van der Waals surface area contributed by atoms with E-state index in [1.807, 2.05) is 30.3 Å². The third-order valence-electron chi connectivity index (χ3n) is 5.52. The molecule has 1 atom stereocenters. The predicted molar refractivity (Wildman–Crippen MR) is 106 cm³/mol. The van der Waals surface area contributed by atoms with E-state index in [1.165, 1.54) is 4.68 Å². The molecule has 0 radical (unpaired) electrons. The van der Waals surface area contributed by atoms with Crippen LogP contribution in [0.15, 0.2) is 57.9 Å². The Morgan fingerprint density at radius 3 is 2.75 bits per heavy atom. The Bertz CT molecular complexity index is 1040. The maximum atomic E-state index is 12.9. The zero-order chi connectivity index (χ0) is 19.3. The Hall–Kier alpha value is -3.17. The first kappa shape index (κ1) is 17.0. The predicted octanol–water partition coefficient (Wildman–Crippen LogP) is 0.196. The molecule has 3 aliphatic rings. The van der Waals surface area contributed by atoms with Gasteiger partial charge in [-0.1, -0.05) is 6.07 Å². The lowest BCUT2D eigenvalue weighted by atomic mass is 9.99. The highest BCUT2D eigenvalue weighted by molar-refractivity contribution is 5.84. The van der Waals surface area contributed by atoms with Crippen molar-refractivity contribution >= 4 is 6.21 Å². The van der Waals surface area contributed by atoms with Gasteiger partial charge in [-0.05, 0) is 24.3 Å². The molecule has 9 heteroatoms. The van der Waals surface area contributed by atoms with E-state index in [2.05, 4.69) is 31.0 Å². The van der Waals surface area contributed by atoms with Gasteiger partial charge in [0.2, 0.25) is 0 Å². The number of hydrogen-bond donors (Lipinski definition) is 2. The highest BCUT2D eigenvalue weighted by Gasteiger charge is 2.35. The molecule has 3 aliphatic heterocycles. The van der Waals surface area contributed by atoms with Gasteiger partial charge in [-0.15, -0.1) is 0 Å². The Morgan fingerprint density at radius 2 is 2.00 bits per heavy atom. The summed E-state index contributed by atoms with van der Waals surface area (Å²) in [5, 5.41) is 5.11. The Morgan fingerprint density at radius 1 is 1.18 bits per heavy atom. The van der Waals surface area contributed by atoms with Crippen LogP contribution in [0, 0.1) is 0 Å². The third-order valence-corrected chi connectivity index (χ3v) is 5.52. The third kappa shape index (κ3) is 2.59. The number of nitrogens with zero attached hydrogens (tertiary/aromatic N) is 6. The molecule has 0 aliphatic carbocycles. The van der Waals surface area contributed by atoms with Crippen molar-refractivity contribution in [3.05, 3.63) is 69.7 Å². The van der Waals surface area contributed by atoms with Crippen LogP contribution in [0.5, 0.6) is 0 Å². The molecule has 0 spiro atoms. The molecular weight excluding hydrogens is 356 g/mol. The van der Waals surface area contributed by atoms with Gasteiger partial charge < -0.3 is 9.80 Å². The van der Waals surface area contributed by atoms with E-state index >= 15 is 0 Å². The van der Waals surface area contributed by atoms with E-state index in [4.69, 9.17) is 5.84 Å². The summed E-state index contributed by atoms with van der Waals surface area (Å²) in [6, 6.07) is 5.35. The van der Waals surface area contributed by atoms with Gasteiger partial charge >= 0.3 is 0 Å². The van der Waals surface area contributed by atoms with Crippen LogP contribution >= 0.6 is 0 Å². The van der Waals surface area contributed by atoms with Gasteiger partial charge in [0.1, 0.15) is 11.9 Å². The van der Waals surface area contributed by atoms with Crippen LogP contribution in [0.3, 0.4) is 0 Å². The number of nitrogens with one attached hydrogen (secondary N) is 1. The van der Waals surface area contributed by atoms with Gasteiger partial charge in [0.25, 0.3) is 5.56 Å². The van der Waals surface area contributed by atoms with Crippen LogP contribution in [0.1, 0.15) is 17.3 Å². The number of aromatic amines is 1. The first-order valence-electron chi connectivity index (χ1n) is 9.33. The molecule has 0 saturated carbocycles. The van der Waals surface area contributed by atoms with Crippen LogP contribution in [-0.2, 0) is 0 Å². The molecule has 144 valence electrons. The van der Waals surface area contributed by atoms with Gasteiger partial charge in [0, 0.05) is 45.6 Å². The van der Waals surface area contributed by atoms with Gasteiger partial charge in [-0.25, -0.2) is 14.7 Å². The van der Waals surface area contributed by atoms with Crippen molar-refractivity contribution in [3.63, 3.8) is 0 Å². The lowest BCUT2D eigenvalue weighted by molar-refractivity contribution is 0.119. The first-order valence-corrected chi connectivity index (χ1v) is 9.33. The van der Waals surface area contributed by atoms with Crippen molar-refractivity contribution in [2.24, 2.45) is 10.8 Å². The number of aliphatic imine (C=N–C) groups is 1. The Balaban J connectivity index is 1.53. The molecule has 0 amide bonds. The molecule has 5 rings (SSSR count). The minimum atomic E-state index is -0.145. The lowest BCUT2D eigenvalue weighted by Crippen LogP contribution is -2.51. The molecule has 9 nitrogen and oxygen atoms in total. The van der Waals surface area contributed by atoms with Crippen molar-refractivity contribution in [1.82, 2.24) is 29.6 Å². The summed E-state index contributed by atoms with van der Waals surface area (Å²) in [5.41, 5.74) is 2.18. The summed E-state index contributed by atoms with van der Waals surface area (Å²) in [7, 11) is 2.04. The molecular formula is C19H22N8O. The fourth-order valence-electron chi connectivity index (χ4n) is 4.02. The number of allylic oxidation sites excluding steroid dienone is 2. The number of nitrogens with two attached hydrogens (primary N) is 1. The summed E-state index contributed by atoms with van der Waals surface area (Å²) < 4.78 is 1.48. The average molecular weight is 378 g/mol. The number of likely N-dealkylation sites (N-methyl/N-ethyl adjacent to an activating group) is 1. The van der Waals surface area contributed by atoms with E-state index in [0.29, 0.717) is 11.4 Å². The Labute approximate surface area is 162 Å². The first-order chi connectivity index (χ1) is 13.6. The number of piperazine rings is 1. The van der Waals surface area contributed by atoms with Gasteiger partial charge in [0.15, 0.2) is 5.82 Å². The number of pyridine rings is 1. The minimum Gasteiger partial charge on any atom is -0.356 e. The fraction of sp³-hybridized carbons (Fsp3) is 0.316. The smallest absolute Gasteiger partial charge is 0.281 e. The molecule has 1 fully saturated rings. The summed E-state index contributed by atoms with van der Waals surface area (Å²) in [6.07, 6.45) is 7.44. The number of hydrazine groups is 1. The van der Waals surface area contributed by atoms with Crippen LogP contribution < -0.4 is 11.4 Å². The molecule has 0 aromatic carbocycles. The second kappa shape index (κ2) is 6.47. The van der Waals surface area contributed by atoms with E-state index < -0.39 is 0 Å². The molecule has 3 N–H and O–H groups in total. The standard InChI is InChI=1S/C19H22N8O/c1-24-16(25-8-10-26(20)11-9-25)6-5-14-18(24)17-13(12-22-14)19(28)27(23-17)15-4-2-3-7-21-15/h2-7,12,18,23H,8-11,20H2,1H3. The monoisotopic (exact) mass is 378 g/mol. The van der Waals surface area contributed by atoms with Crippen LogP contribution in [0.2, 0.25) is 0 Å². The van der Waals surface area contributed by atoms with Gasteiger partial charge in [-0.3, -0.25) is 20.7 Å². The topological polar surface area (TPSA) is 98.8 Å². The van der Waals surface area contributed by atoms with E-state index in [-0.39, 0.29) is 11.6 Å². The highest BCUT2D eigenvalue weighted by atomic mass is 16.1. The minimum absolute atomic E-state index is 0.141. The molecule has 0 bridgehead atoms. The number of H-pyrrole nitrogens is 1. The lowest BCUT2D eigenvalue weighted by Gasteiger charge is -2.43. The van der Waals surface area contributed by atoms with E-state index in [9.17, 15) is 4.79 Å². The molecule has 1 saturated heterocycles. The van der Waals surface area contributed by atoms with Crippen molar-refractivity contribution in [2.75, 3.05) is 33.2 Å². The van der Waals surface area contributed by atoms with Crippen LogP contribution in [0.25, 0.3) is 5.82 Å². The summed E-state index contributed by atoms with van der Waals surface area (Å²) in [6.45, 7) is 3.37. The number of hydrogen-bond acceptors (Lipinski definition) is 7. The second-order valence-electron chi connectivity index (χ2n) is 7.18. The quantitative estimate of drug-likeness (QED) is 0.724. The summed E-state index contributed by atoms with van der Waals surface area (Å²) in [5.74, 6) is 7.57. The highest BCUT2D eigenvalue weighted by Crippen LogP contribution is 2.37. The molecule has 2 aromatic heterocycles. The molecule has 28 heavy (non-hydrogen) atoms. The largest absolute Gasteiger partial charge is 0.356 e. The maximum Gasteiger partial charge on any atom is 0.281 e. The number of fused-ring (bicyclic) bond motifs is 3. The van der Waals surface area contributed by atoms with Crippen molar-refractivity contribution in [2.45, 2.75) is 6.04 Å². The average Bonchev–Trinajstić information content (AvgIpc) is 3.06. The van der Waals surface area contributed by atoms with Crippen molar-refractivity contribution < 1.29 is 0 Å². The molecule has 2 aromatic rings. The molecule has 5 heterocycles. The summed E-state index contributed by atoms with van der Waals surface area (Å²) >= 11 is 0. The van der Waals surface area contributed by atoms with E-state index in [0.717, 1.165) is 43.4 Å². The van der Waals surface area contributed by atoms with Crippen LogP contribution in [0.4, 0.5) is 0 Å². The number of rotatable bonds is 2. The van der Waals surface area contributed by atoms with Gasteiger partial charge in [-0.2, -0.15) is 0 Å². The number of aromatic nitrogens is 3. The van der Waals surface area contributed by atoms with Gasteiger partial charge in [0.05, 0.1) is 17.0 Å². The van der Waals surface area contributed by atoms with Crippen molar-refractivity contribution in [1.29, 1.82) is 0 Å². The summed E-state index contributed by atoms with van der Waals surface area (Å²) in [4.78, 5) is 26.3. The molecule has 1 unspecified atom stereocenters. The van der Waals surface area contributed by atoms with Crippen LogP contribution in [-0.4, -0.2) is 69.0 Å². The second-order valence-corrected chi connectivity index (χ2v) is 7.18.